The van der Waals surface area contributed by atoms with E-state index in [-0.39, 0.29) is 6.61 Å². The summed E-state index contributed by atoms with van der Waals surface area (Å²) in [7, 11) is 3.21. The van der Waals surface area contributed by atoms with E-state index in [0.29, 0.717) is 16.7 Å². The highest BCUT2D eigenvalue weighted by atomic mass is 35.5. The Balaban J connectivity index is 2.37. The zero-order valence-corrected chi connectivity index (χ0v) is 13.6. The van der Waals surface area contributed by atoms with Crippen LogP contribution in [0, 0.1) is 0 Å². The number of nitrogens with zero attached hydrogens (tertiary/aromatic N) is 1. The summed E-state index contributed by atoms with van der Waals surface area (Å²) in [5.41, 5.74) is 2.62. The molecule has 0 radical (unpaired) electrons. The highest BCUT2D eigenvalue weighted by Crippen LogP contribution is 2.39. The van der Waals surface area contributed by atoms with Gasteiger partial charge in [0.15, 0.2) is 11.5 Å². The lowest BCUT2D eigenvalue weighted by atomic mass is 9.93. The predicted molar refractivity (Wildman–Crippen MR) is 91.2 cm³/mol. The molecule has 3 aromatic rings. The smallest absolute Gasteiger partial charge is 0.161 e. The molecule has 3 rings (SSSR count). The zero-order chi connectivity index (χ0) is 16.4. The first kappa shape index (κ1) is 15.6. The Morgan fingerprint density at radius 2 is 1.78 bits per heavy atom. The van der Waals surface area contributed by atoms with Crippen LogP contribution in [0.25, 0.3) is 21.9 Å². The molecule has 0 aliphatic carbocycles. The van der Waals surface area contributed by atoms with Gasteiger partial charge in [0.2, 0.25) is 0 Å². The molecule has 0 saturated heterocycles. The van der Waals surface area contributed by atoms with Crippen molar-refractivity contribution in [1.29, 1.82) is 0 Å². The molecule has 0 atom stereocenters. The molecular formula is C18H16ClNO3. The molecule has 23 heavy (non-hydrogen) atoms. The zero-order valence-electron chi connectivity index (χ0n) is 12.8. The molecular weight excluding hydrogens is 314 g/mol. The number of hydrogen-bond acceptors (Lipinski definition) is 4. The number of methoxy groups -OCH3 is 2. The Labute approximate surface area is 139 Å². The number of pyridine rings is 1. The fourth-order valence-electron chi connectivity index (χ4n) is 2.73. The third-order valence-electron chi connectivity index (χ3n) is 3.80. The lowest BCUT2D eigenvalue weighted by Crippen LogP contribution is -1.95. The van der Waals surface area contributed by atoms with E-state index in [2.05, 4.69) is 4.98 Å². The number of fused-ring (bicyclic) bond motifs is 1. The molecule has 0 aliphatic heterocycles. The summed E-state index contributed by atoms with van der Waals surface area (Å²) in [4.78, 5) is 4.02. The van der Waals surface area contributed by atoms with Gasteiger partial charge in [-0.05, 0) is 51.7 Å². The molecule has 0 fully saturated rings. The minimum Gasteiger partial charge on any atom is -0.493 e. The molecule has 4 nitrogen and oxygen atoms in total. The van der Waals surface area contributed by atoms with Crippen LogP contribution in [0.2, 0.25) is 5.15 Å². The number of halogens is 1. The van der Waals surface area contributed by atoms with Crippen molar-refractivity contribution in [2.24, 2.45) is 0 Å². The second kappa shape index (κ2) is 6.44. The largest absolute Gasteiger partial charge is 0.493 e. The average molecular weight is 330 g/mol. The van der Waals surface area contributed by atoms with E-state index in [1.54, 1.807) is 26.5 Å². The molecule has 0 spiro atoms. The van der Waals surface area contributed by atoms with Crippen molar-refractivity contribution >= 4 is 22.4 Å². The molecule has 1 heterocycles. The van der Waals surface area contributed by atoms with Gasteiger partial charge in [0.05, 0.1) is 20.8 Å². The number of rotatable bonds is 4. The summed E-state index contributed by atoms with van der Waals surface area (Å²) in [6, 6.07) is 11.3. The van der Waals surface area contributed by atoms with Gasteiger partial charge in [0.25, 0.3) is 0 Å². The second-order valence-corrected chi connectivity index (χ2v) is 5.44. The van der Waals surface area contributed by atoms with Gasteiger partial charge in [-0.3, -0.25) is 0 Å². The normalized spacial score (nSPS) is 10.8. The third kappa shape index (κ3) is 2.83. The number of aromatic nitrogens is 1. The molecule has 118 valence electrons. The van der Waals surface area contributed by atoms with E-state index in [4.69, 9.17) is 21.1 Å². The number of aliphatic hydroxyl groups is 1. The maximum atomic E-state index is 9.73. The summed E-state index contributed by atoms with van der Waals surface area (Å²) in [6.07, 6.45) is 1.65. The maximum absolute atomic E-state index is 9.73. The highest BCUT2D eigenvalue weighted by Gasteiger charge is 2.14. The summed E-state index contributed by atoms with van der Waals surface area (Å²) >= 11 is 6.03. The highest BCUT2D eigenvalue weighted by molar-refractivity contribution is 6.29. The number of ether oxygens (including phenoxy) is 2. The van der Waals surface area contributed by atoms with Gasteiger partial charge in [-0.1, -0.05) is 23.7 Å². The first-order valence-corrected chi connectivity index (χ1v) is 7.46. The van der Waals surface area contributed by atoms with Crippen molar-refractivity contribution in [3.8, 4) is 22.6 Å². The van der Waals surface area contributed by atoms with Crippen molar-refractivity contribution in [3.05, 3.63) is 53.3 Å². The van der Waals surface area contributed by atoms with Gasteiger partial charge in [0, 0.05) is 6.20 Å². The maximum Gasteiger partial charge on any atom is 0.161 e. The minimum absolute atomic E-state index is 0.0699. The third-order valence-corrected chi connectivity index (χ3v) is 4.00. The number of hydrogen-bond donors (Lipinski definition) is 1. The van der Waals surface area contributed by atoms with Crippen LogP contribution in [0.1, 0.15) is 5.56 Å². The van der Waals surface area contributed by atoms with Crippen LogP contribution in [0.15, 0.2) is 42.6 Å². The summed E-state index contributed by atoms with van der Waals surface area (Å²) in [6.45, 7) is -0.0699. The molecule has 1 aromatic heterocycles. The number of benzene rings is 2. The Morgan fingerprint density at radius 3 is 2.43 bits per heavy atom. The molecule has 0 aliphatic rings. The van der Waals surface area contributed by atoms with E-state index in [1.165, 1.54) is 0 Å². The van der Waals surface area contributed by atoms with E-state index >= 15 is 0 Å². The minimum atomic E-state index is -0.0699. The monoisotopic (exact) mass is 329 g/mol. The first-order chi connectivity index (χ1) is 11.2. The van der Waals surface area contributed by atoms with E-state index in [9.17, 15) is 5.11 Å². The topological polar surface area (TPSA) is 51.6 Å². The van der Waals surface area contributed by atoms with E-state index in [1.807, 2.05) is 30.3 Å². The van der Waals surface area contributed by atoms with Gasteiger partial charge >= 0.3 is 0 Å². The van der Waals surface area contributed by atoms with E-state index < -0.39 is 0 Å². The van der Waals surface area contributed by atoms with Gasteiger partial charge < -0.3 is 14.6 Å². The molecule has 1 N–H and O–H groups in total. The van der Waals surface area contributed by atoms with Crippen molar-refractivity contribution in [1.82, 2.24) is 4.98 Å². The Morgan fingerprint density at radius 1 is 1.04 bits per heavy atom. The van der Waals surface area contributed by atoms with Crippen molar-refractivity contribution < 1.29 is 14.6 Å². The molecule has 0 saturated carbocycles. The van der Waals surface area contributed by atoms with Gasteiger partial charge in [0.1, 0.15) is 5.15 Å². The van der Waals surface area contributed by atoms with Crippen LogP contribution in [-0.4, -0.2) is 24.3 Å². The van der Waals surface area contributed by atoms with Crippen LogP contribution in [0.5, 0.6) is 11.5 Å². The fraction of sp³-hybridized carbons (Fsp3) is 0.167. The Bertz CT molecular complexity index is 864. The second-order valence-electron chi connectivity index (χ2n) is 5.05. The number of aliphatic hydroxyl groups excluding tert-OH is 1. The van der Waals surface area contributed by atoms with Crippen molar-refractivity contribution in [3.63, 3.8) is 0 Å². The Kier molecular flexibility index (Phi) is 4.37. The van der Waals surface area contributed by atoms with Crippen LogP contribution in [0.4, 0.5) is 0 Å². The van der Waals surface area contributed by atoms with Gasteiger partial charge in [-0.25, -0.2) is 4.98 Å². The quantitative estimate of drug-likeness (QED) is 0.733. The fourth-order valence-corrected chi connectivity index (χ4v) is 2.90. The first-order valence-electron chi connectivity index (χ1n) is 7.08. The Hall–Kier alpha value is -2.30. The molecule has 0 unspecified atom stereocenters. The lowest BCUT2D eigenvalue weighted by molar-refractivity contribution is 0.282. The van der Waals surface area contributed by atoms with Crippen LogP contribution in [-0.2, 0) is 6.61 Å². The van der Waals surface area contributed by atoms with Gasteiger partial charge in [-0.2, -0.15) is 0 Å². The summed E-state index contributed by atoms with van der Waals surface area (Å²) in [5, 5.41) is 12.1. The predicted octanol–water partition coefficient (Wildman–Crippen LogP) is 4.06. The summed E-state index contributed by atoms with van der Waals surface area (Å²) in [5.74, 6) is 1.30. The van der Waals surface area contributed by atoms with Crippen LogP contribution >= 0.6 is 11.6 Å². The molecule has 0 bridgehead atoms. The van der Waals surface area contributed by atoms with Crippen LogP contribution in [0.3, 0.4) is 0 Å². The average Bonchev–Trinajstić information content (AvgIpc) is 2.59. The lowest BCUT2D eigenvalue weighted by Gasteiger charge is -2.15. The summed E-state index contributed by atoms with van der Waals surface area (Å²) < 4.78 is 10.8. The van der Waals surface area contributed by atoms with Crippen molar-refractivity contribution in [2.75, 3.05) is 14.2 Å². The molecule has 0 amide bonds. The van der Waals surface area contributed by atoms with Gasteiger partial charge in [-0.15, -0.1) is 0 Å². The van der Waals surface area contributed by atoms with Crippen LogP contribution < -0.4 is 9.47 Å². The van der Waals surface area contributed by atoms with E-state index in [0.717, 1.165) is 27.5 Å². The molecule has 2 aromatic carbocycles. The molecule has 5 heteroatoms. The standard InChI is InChI=1S/C18H16ClNO3/c1-22-15-7-11-3-4-13(10-21)18(14(11)9-16(15)23-2)12-5-6-20-17(19)8-12/h3-9,21H,10H2,1-2H3. The SMILES string of the molecule is COc1cc2ccc(CO)c(-c3ccnc(Cl)c3)c2cc1OC. The van der Waals surface area contributed by atoms with Crippen molar-refractivity contribution in [2.45, 2.75) is 6.61 Å².